The third-order valence-electron chi connectivity index (χ3n) is 3.83. The predicted molar refractivity (Wildman–Crippen MR) is 107 cm³/mol. The molecule has 1 aromatic heterocycles. The van der Waals surface area contributed by atoms with Crippen LogP contribution in [0.15, 0.2) is 46.8 Å². The number of nitrogens with zero attached hydrogens (tertiary/aromatic N) is 2. The molecule has 0 aliphatic heterocycles. The number of carbonyl (C=O) groups excluding carboxylic acids is 1. The number of fused-ring (bicyclic) bond motifs is 1. The number of aromatic nitrogens is 1. The highest BCUT2D eigenvalue weighted by molar-refractivity contribution is 7.82. The number of hydrogen-bond donors (Lipinski definition) is 1. The SMILES string of the molecule is CC(C)CN(C(=O)Oc1ccc(C(F)(F)F)cc1)c1ccc2nc(S)sc2c1. The Morgan fingerprint density at radius 2 is 1.89 bits per heavy atom. The Balaban J connectivity index is 1.84. The van der Waals surface area contributed by atoms with Gasteiger partial charge in [-0.3, -0.25) is 4.90 Å². The first-order valence-electron chi connectivity index (χ1n) is 8.39. The largest absolute Gasteiger partial charge is 0.419 e. The van der Waals surface area contributed by atoms with E-state index in [-0.39, 0.29) is 11.7 Å². The standard InChI is InChI=1S/C19H17F3N2O2S2/c1-11(2)10-24(13-5-8-15-16(9-13)28-17(27)23-15)18(25)26-14-6-3-12(4-7-14)19(20,21)22/h3-9,11H,10H2,1-2H3,(H,23,27). The van der Waals surface area contributed by atoms with Gasteiger partial charge in [0.1, 0.15) is 10.1 Å². The summed E-state index contributed by atoms with van der Waals surface area (Å²) in [6, 6.07) is 9.40. The van der Waals surface area contributed by atoms with E-state index < -0.39 is 17.8 Å². The van der Waals surface area contributed by atoms with E-state index in [1.807, 2.05) is 19.9 Å². The second kappa shape index (κ2) is 8.00. The molecule has 0 aliphatic rings. The molecule has 1 amide bonds. The number of hydrogen-bond acceptors (Lipinski definition) is 5. The zero-order valence-corrected chi connectivity index (χ0v) is 16.7. The summed E-state index contributed by atoms with van der Waals surface area (Å²) >= 11 is 5.63. The molecule has 0 aliphatic carbocycles. The molecule has 4 nitrogen and oxygen atoms in total. The van der Waals surface area contributed by atoms with Crippen LogP contribution >= 0.6 is 24.0 Å². The van der Waals surface area contributed by atoms with Crippen LogP contribution in [-0.4, -0.2) is 17.6 Å². The summed E-state index contributed by atoms with van der Waals surface area (Å²) in [5.41, 5.74) is 0.596. The van der Waals surface area contributed by atoms with Crippen molar-refractivity contribution in [3.8, 4) is 5.75 Å². The quantitative estimate of drug-likeness (QED) is 0.500. The first kappa shape index (κ1) is 20.5. The number of rotatable bonds is 4. The molecule has 3 rings (SSSR count). The van der Waals surface area contributed by atoms with Gasteiger partial charge in [-0.1, -0.05) is 13.8 Å². The average Bonchev–Trinajstić information content (AvgIpc) is 2.98. The molecule has 1 heterocycles. The van der Waals surface area contributed by atoms with Crippen molar-refractivity contribution in [2.24, 2.45) is 5.92 Å². The minimum Gasteiger partial charge on any atom is -0.410 e. The molecule has 0 N–H and O–H groups in total. The highest BCUT2D eigenvalue weighted by Crippen LogP contribution is 2.31. The zero-order chi connectivity index (χ0) is 20.5. The van der Waals surface area contributed by atoms with Gasteiger partial charge in [0, 0.05) is 12.2 Å². The van der Waals surface area contributed by atoms with E-state index >= 15 is 0 Å². The lowest BCUT2D eigenvalue weighted by atomic mass is 10.2. The first-order chi connectivity index (χ1) is 13.1. The Kier molecular flexibility index (Phi) is 5.85. The number of anilines is 1. The van der Waals surface area contributed by atoms with Crippen LogP contribution in [0.4, 0.5) is 23.7 Å². The summed E-state index contributed by atoms with van der Waals surface area (Å²) in [6.45, 7) is 4.29. The van der Waals surface area contributed by atoms with Crippen LogP contribution in [0.3, 0.4) is 0 Å². The molecule has 3 aromatic rings. The maximum absolute atomic E-state index is 12.7. The van der Waals surface area contributed by atoms with Gasteiger partial charge in [-0.05, 0) is 48.4 Å². The van der Waals surface area contributed by atoms with Crippen molar-refractivity contribution in [3.05, 3.63) is 48.0 Å². The number of amides is 1. The molecule has 0 saturated carbocycles. The van der Waals surface area contributed by atoms with Crippen LogP contribution in [0.5, 0.6) is 5.75 Å². The second-order valence-electron chi connectivity index (χ2n) is 6.54. The molecule has 0 unspecified atom stereocenters. The van der Waals surface area contributed by atoms with Crippen molar-refractivity contribution in [2.75, 3.05) is 11.4 Å². The number of halogens is 3. The number of carbonyl (C=O) groups is 1. The smallest absolute Gasteiger partial charge is 0.410 e. The molecule has 0 atom stereocenters. The van der Waals surface area contributed by atoms with Gasteiger partial charge in [0.15, 0.2) is 0 Å². The summed E-state index contributed by atoms with van der Waals surface area (Å²) < 4.78 is 44.8. The van der Waals surface area contributed by atoms with Gasteiger partial charge in [0.2, 0.25) is 0 Å². The Morgan fingerprint density at radius 1 is 1.21 bits per heavy atom. The minimum absolute atomic E-state index is 0.0447. The normalized spacial score (nSPS) is 11.8. The molecular weight excluding hydrogens is 409 g/mol. The number of alkyl halides is 3. The van der Waals surface area contributed by atoms with Crippen molar-refractivity contribution in [3.63, 3.8) is 0 Å². The van der Waals surface area contributed by atoms with E-state index in [1.54, 1.807) is 12.1 Å². The molecule has 0 bridgehead atoms. The third-order valence-corrected chi connectivity index (χ3v) is 5.02. The fraction of sp³-hybridized carbons (Fsp3) is 0.263. The Labute approximate surface area is 169 Å². The van der Waals surface area contributed by atoms with Crippen LogP contribution in [-0.2, 0) is 6.18 Å². The Bertz CT molecular complexity index is 985. The van der Waals surface area contributed by atoms with Gasteiger partial charge in [0.25, 0.3) is 0 Å². The lowest BCUT2D eigenvalue weighted by Gasteiger charge is -2.24. The summed E-state index contributed by atoms with van der Waals surface area (Å²) in [7, 11) is 0. The molecule has 0 fully saturated rings. The van der Waals surface area contributed by atoms with Crippen LogP contribution < -0.4 is 9.64 Å². The molecule has 0 spiro atoms. The minimum atomic E-state index is -4.44. The molecule has 9 heteroatoms. The van der Waals surface area contributed by atoms with Gasteiger partial charge in [-0.15, -0.1) is 24.0 Å². The van der Waals surface area contributed by atoms with Gasteiger partial charge >= 0.3 is 12.3 Å². The number of thiazole rings is 1. The van der Waals surface area contributed by atoms with Crippen LogP contribution in [0, 0.1) is 5.92 Å². The second-order valence-corrected chi connectivity index (χ2v) is 8.30. The number of ether oxygens (including phenoxy) is 1. The van der Waals surface area contributed by atoms with Crippen LogP contribution in [0.25, 0.3) is 10.2 Å². The van der Waals surface area contributed by atoms with E-state index in [2.05, 4.69) is 17.6 Å². The fourth-order valence-electron chi connectivity index (χ4n) is 2.59. The summed E-state index contributed by atoms with van der Waals surface area (Å²) in [5, 5.41) is 0. The highest BCUT2D eigenvalue weighted by atomic mass is 32.2. The van der Waals surface area contributed by atoms with Crippen LogP contribution in [0.1, 0.15) is 19.4 Å². The maximum atomic E-state index is 12.7. The molecular formula is C19H17F3N2O2S2. The van der Waals surface area contributed by atoms with Crippen molar-refractivity contribution in [1.82, 2.24) is 4.98 Å². The molecule has 28 heavy (non-hydrogen) atoms. The first-order valence-corrected chi connectivity index (χ1v) is 9.66. The average molecular weight is 426 g/mol. The van der Waals surface area contributed by atoms with Crippen molar-refractivity contribution in [1.29, 1.82) is 0 Å². The predicted octanol–water partition coefficient (Wildman–Crippen LogP) is 6.27. The number of benzene rings is 2. The van der Waals surface area contributed by atoms with E-state index in [1.165, 1.54) is 16.2 Å². The summed E-state index contributed by atoms with van der Waals surface area (Å²) in [6.07, 6.45) is -5.11. The van der Waals surface area contributed by atoms with Gasteiger partial charge in [-0.2, -0.15) is 13.2 Å². The van der Waals surface area contributed by atoms with Crippen molar-refractivity contribution in [2.45, 2.75) is 24.4 Å². The third kappa shape index (κ3) is 4.77. The topological polar surface area (TPSA) is 42.4 Å². The van der Waals surface area contributed by atoms with Gasteiger partial charge < -0.3 is 4.74 Å². The Morgan fingerprint density at radius 3 is 2.50 bits per heavy atom. The van der Waals surface area contributed by atoms with Gasteiger partial charge in [0.05, 0.1) is 15.8 Å². The van der Waals surface area contributed by atoms with E-state index in [9.17, 15) is 18.0 Å². The zero-order valence-electron chi connectivity index (χ0n) is 15.0. The Hall–Kier alpha value is -2.26. The highest BCUT2D eigenvalue weighted by Gasteiger charge is 2.30. The van der Waals surface area contributed by atoms with Crippen molar-refractivity contribution < 1.29 is 22.7 Å². The summed E-state index contributed by atoms with van der Waals surface area (Å²) in [5.74, 6) is 0.195. The van der Waals surface area contributed by atoms with Gasteiger partial charge in [-0.25, -0.2) is 9.78 Å². The maximum Gasteiger partial charge on any atom is 0.419 e. The molecule has 2 aromatic carbocycles. The lowest BCUT2D eigenvalue weighted by Crippen LogP contribution is -2.36. The van der Waals surface area contributed by atoms with E-state index in [0.29, 0.717) is 16.6 Å². The molecule has 148 valence electrons. The number of thiol groups is 1. The van der Waals surface area contributed by atoms with E-state index in [0.717, 1.165) is 34.5 Å². The fourth-order valence-corrected chi connectivity index (χ4v) is 3.73. The van der Waals surface area contributed by atoms with E-state index in [4.69, 9.17) is 4.74 Å². The van der Waals surface area contributed by atoms with Crippen LogP contribution in [0.2, 0.25) is 0 Å². The monoisotopic (exact) mass is 426 g/mol. The lowest BCUT2D eigenvalue weighted by molar-refractivity contribution is -0.137. The summed E-state index contributed by atoms with van der Waals surface area (Å²) in [4.78, 5) is 18.5. The van der Waals surface area contributed by atoms with Crippen molar-refractivity contribution >= 4 is 46.0 Å². The molecule has 0 saturated heterocycles. The molecule has 0 radical (unpaired) electrons.